The van der Waals surface area contributed by atoms with Crippen LogP contribution in [-0.2, 0) is 11.3 Å². The van der Waals surface area contributed by atoms with Crippen LogP contribution in [0.1, 0.15) is 13.9 Å². The predicted octanol–water partition coefficient (Wildman–Crippen LogP) is 2.29. The van der Waals surface area contributed by atoms with Crippen molar-refractivity contribution in [2.75, 3.05) is 7.11 Å². The lowest BCUT2D eigenvalue weighted by Gasteiger charge is -2.08. The SMILES string of the molecule is [2H]C([2H])(OC)c1ccc(=O)n(-c2ccc(C)cc2)c1. The van der Waals surface area contributed by atoms with Crippen LogP contribution in [0.2, 0.25) is 0 Å². The molecule has 0 spiro atoms. The van der Waals surface area contributed by atoms with Crippen molar-refractivity contribution in [1.82, 2.24) is 4.57 Å². The Hall–Kier alpha value is -1.87. The molecule has 3 heteroatoms. The Morgan fingerprint density at radius 3 is 2.59 bits per heavy atom. The topological polar surface area (TPSA) is 31.2 Å². The van der Waals surface area contributed by atoms with E-state index in [1.807, 2.05) is 31.2 Å². The number of nitrogens with zero attached hydrogens (tertiary/aromatic N) is 1. The predicted molar refractivity (Wildman–Crippen MR) is 67.5 cm³/mol. The summed E-state index contributed by atoms with van der Waals surface area (Å²) in [5.41, 5.74) is 1.89. The number of aryl methyl sites for hydroxylation is 1. The van der Waals surface area contributed by atoms with Crippen molar-refractivity contribution in [3.05, 3.63) is 64.1 Å². The summed E-state index contributed by atoms with van der Waals surface area (Å²) in [7, 11) is 1.29. The van der Waals surface area contributed by atoms with Crippen LogP contribution in [0.25, 0.3) is 5.69 Å². The molecule has 0 saturated heterocycles. The second kappa shape index (κ2) is 4.97. The lowest BCUT2D eigenvalue weighted by Crippen LogP contribution is -2.17. The summed E-state index contributed by atoms with van der Waals surface area (Å²) in [6.07, 6.45) is 1.47. The monoisotopic (exact) mass is 231 g/mol. The standard InChI is InChI=1S/C14H15NO2/c1-11-3-6-13(7-4-11)15-9-12(10-17-2)5-8-14(15)16/h3-9H,10H2,1-2H3/i10D2. The van der Waals surface area contributed by atoms with E-state index in [4.69, 9.17) is 7.48 Å². The van der Waals surface area contributed by atoms with Gasteiger partial charge in [0.05, 0.1) is 9.30 Å². The number of benzene rings is 1. The maximum atomic E-state index is 11.9. The van der Waals surface area contributed by atoms with Crippen LogP contribution in [0.3, 0.4) is 0 Å². The minimum atomic E-state index is -1.92. The van der Waals surface area contributed by atoms with Crippen LogP contribution in [-0.4, -0.2) is 11.7 Å². The molecule has 1 aromatic heterocycles. The molecule has 88 valence electrons. The van der Waals surface area contributed by atoms with Gasteiger partial charge >= 0.3 is 0 Å². The van der Waals surface area contributed by atoms with Gasteiger partial charge in [0, 0.05) is 25.1 Å². The van der Waals surface area contributed by atoms with Crippen LogP contribution in [0.15, 0.2) is 47.4 Å². The van der Waals surface area contributed by atoms with Crippen molar-refractivity contribution >= 4 is 0 Å². The van der Waals surface area contributed by atoms with E-state index in [-0.39, 0.29) is 5.56 Å². The molecule has 2 aromatic rings. The van der Waals surface area contributed by atoms with Crippen LogP contribution in [0.5, 0.6) is 0 Å². The zero-order valence-electron chi connectivity index (χ0n) is 11.8. The van der Waals surface area contributed by atoms with Crippen molar-refractivity contribution in [2.24, 2.45) is 0 Å². The van der Waals surface area contributed by atoms with Gasteiger partial charge in [-0.3, -0.25) is 9.36 Å². The largest absolute Gasteiger partial charge is 0.380 e. The van der Waals surface area contributed by atoms with Crippen molar-refractivity contribution < 1.29 is 7.48 Å². The van der Waals surface area contributed by atoms with Crippen LogP contribution < -0.4 is 5.56 Å². The molecule has 0 atom stereocenters. The highest BCUT2D eigenvalue weighted by molar-refractivity contribution is 5.35. The van der Waals surface area contributed by atoms with Gasteiger partial charge in [-0.1, -0.05) is 17.7 Å². The Labute approximate surface area is 103 Å². The first-order chi connectivity index (χ1) is 8.94. The fourth-order valence-corrected chi connectivity index (χ4v) is 1.57. The zero-order valence-corrected chi connectivity index (χ0v) is 9.81. The molecule has 0 amide bonds. The molecule has 0 fully saturated rings. The van der Waals surface area contributed by atoms with Gasteiger partial charge in [-0.25, -0.2) is 0 Å². The average Bonchev–Trinajstić information content (AvgIpc) is 2.40. The minimum absolute atomic E-state index is 0.209. The van der Waals surface area contributed by atoms with Crippen molar-refractivity contribution in [2.45, 2.75) is 13.5 Å². The van der Waals surface area contributed by atoms with Gasteiger partial charge in [-0.05, 0) is 30.7 Å². The molecule has 0 aliphatic rings. The normalized spacial score (nSPS) is 13.1. The lowest BCUT2D eigenvalue weighted by molar-refractivity contribution is 0.184. The second-order valence-corrected chi connectivity index (χ2v) is 3.77. The molecule has 0 saturated carbocycles. The summed E-state index contributed by atoms with van der Waals surface area (Å²) in [4.78, 5) is 11.9. The van der Waals surface area contributed by atoms with E-state index in [2.05, 4.69) is 0 Å². The molecule has 1 aromatic carbocycles. The van der Waals surface area contributed by atoms with E-state index < -0.39 is 6.56 Å². The number of aromatic nitrogens is 1. The molecule has 0 aliphatic carbocycles. The number of pyridine rings is 1. The zero-order chi connectivity index (χ0) is 14.0. The van der Waals surface area contributed by atoms with E-state index in [0.717, 1.165) is 5.56 Å². The number of rotatable bonds is 3. The molecule has 3 nitrogen and oxygen atoms in total. The van der Waals surface area contributed by atoms with Crippen molar-refractivity contribution in [3.8, 4) is 5.69 Å². The van der Waals surface area contributed by atoms with Gasteiger partial charge in [0.25, 0.3) is 5.56 Å². The Bertz CT molecular complexity index is 633. The van der Waals surface area contributed by atoms with Crippen LogP contribution in [0, 0.1) is 6.92 Å². The Kier molecular flexibility index (Phi) is 2.69. The Morgan fingerprint density at radius 1 is 1.24 bits per heavy atom. The lowest BCUT2D eigenvalue weighted by atomic mass is 10.2. The van der Waals surface area contributed by atoms with Crippen molar-refractivity contribution in [1.29, 1.82) is 0 Å². The minimum Gasteiger partial charge on any atom is -0.380 e. The first-order valence-electron chi connectivity index (χ1n) is 6.29. The summed E-state index contributed by atoms with van der Waals surface area (Å²) in [5.74, 6) is 0. The number of ether oxygens (including phenoxy) is 1. The molecule has 17 heavy (non-hydrogen) atoms. The first kappa shape index (κ1) is 9.19. The Balaban J connectivity index is 2.55. The van der Waals surface area contributed by atoms with Crippen LogP contribution >= 0.6 is 0 Å². The maximum absolute atomic E-state index is 11.9. The van der Waals surface area contributed by atoms with Gasteiger partial charge in [0.1, 0.15) is 0 Å². The third-order valence-electron chi connectivity index (χ3n) is 2.44. The molecule has 0 N–H and O–H groups in total. The maximum Gasteiger partial charge on any atom is 0.255 e. The molecular weight excluding hydrogens is 214 g/mol. The van der Waals surface area contributed by atoms with Crippen LogP contribution in [0.4, 0.5) is 0 Å². The molecule has 1 heterocycles. The van der Waals surface area contributed by atoms with Gasteiger partial charge in [-0.15, -0.1) is 0 Å². The fraction of sp³-hybridized carbons (Fsp3) is 0.214. The molecule has 0 radical (unpaired) electrons. The van der Waals surface area contributed by atoms with E-state index >= 15 is 0 Å². The van der Waals surface area contributed by atoms with Gasteiger partial charge in [-0.2, -0.15) is 0 Å². The summed E-state index contributed by atoms with van der Waals surface area (Å²) in [6, 6.07) is 10.2. The van der Waals surface area contributed by atoms with E-state index in [0.29, 0.717) is 11.3 Å². The molecule has 0 bridgehead atoms. The van der Waals surface area contributed by atoms with Gasteiger partial charge in [0.2, 0.25) is 0 Å². The first-order valence-corrected chi connectivity index (χ1v) is 5.29. The number of hydrogen-bond donors (Lipinski definition) is 0. The smallest absolute Gasteiger partial charge is 0.255 e. The van der Waals surface area contributed by atoms with Gasteiger partial charge in [0.15, 0.2) is 0 Å². The van der Waals surface area contributed by atoms with Gasteiger partial charge < -0.3 is 4.74 Å². The third-order valence-corrected chi connectivity index (χ3v) is 2.44. The summed E-state index contributed by atoms with van der Waals surface area (Å²) >= 11 is 0. The number of hydrogen-bond acceptors (Lipinski definition) is 2. The molecular formula is C14H15NO2. The molecule has 2 rings (SSSR count). The third kappa shape index (κ3) is 2.63. The summed E-state index contributed by atoms with van der Waals surface area (Å²) in [5, 5.41) is 0. The highest BCUT2D eigenvalue weighted by atomic mass is 16.5. The number of methoxy groups -OCH3 is 1. The Morgan fingerprint density at radius 2 is 1.94 bits per heavy atom. The summed E-state index contributed by atoms with van der Waals surface area (Å²) < 4.78 is 21.6. The molecule has 0 unspecified atom stereocenters. The highest BCUT2D eigenvalue weighted by Gasteiger charge is 2.01. The van der Waals surface area contributed by atoms with E-state index in [1.165, 1.54) is 30.0 Å². The second-order valence-electron chi connectivity index (χ2n) is 3.77. The van der Waals surface area contributed by atoms with E-state index in [1.54, 1.807) is 0 Å². The summed E-state index contributed by atoms with van der Waals surface area (Å²) in [6.45, 7) is 0.0483. The molecule has 0 aliphatic heterocycles. The van der Waals surface area contributed by atoms with E-state index in [9.17, 15) is 4.79 Å². The average molecular weight is 231 g/mol. The van der Waals surface area contributed by atoms with Crippen molar-refractivity contribution in [3.63, 3.8) is 0 Å². The quantitative estimate of drug-likeness (QED) is 0.811. The highest BCUT2D eigenvalue weighted by Crippen LogP contribution is 2.08. The fourth-order valence-electron chi connectivity index (χ4n) is 1.57.